The smallest absolute Gasteiger partial charge is 0.341 e. The molecule has 80 valence electrons. The van der Waals surface area contributed by atoms with Gasteiger partial charge in [-0.3, -0.25) is 4.79 Å². The van der Waals surface area contributed by atoms with E-state index in [0.29, 0.717) is 17.6 Å². The lowest BCUT2D eigenvalue weighted by atomic mass is 10.2. The highest BCUT2D eigenvalue weighted by atomic mass is 127. The van der Waals surface area contributed by atoms with Crippen LogP contribution in [0.25, 0.3) is 0 Å². The summed E-state index contributed by atoms with van der Waals surface area (Å²) in [6.45, 7) is -0.447. The van der Waals surface area contributed by atoms with Crippen molar-refractivity contribution in [2.75, 3.05) is 6.61 Å². The van der Waals surface area contributed by atoms with Gasteiger partial charge in [-0.25, -0.2) is 4.79 Å². The number of hydrogen-bond donors (Lipinski definition) is 1. The summed E-state index contributed by atoms with van der Waals surface area (Å²) in [7, 11) is 0. The molecule has 0 aromatic heterocycles. The monoisotopic (exact) mass is 432 g/mol. The zero-order valence-corrected chi connectivity index (χ0v) is 11.7. The summed E-state index contributed by atoms with van der Waals surface area (Å²) in [4.78, 5) is 21.1. The van der Waals surface area contributed by atoms with Gasteiger partial charge in [-0.1, -0.05) is 0 Å². The average molecular weight is 432 g/mol. The van der Waals surface area contributed by atoms with E-state index in [0.717, 1.165) is 7.14 Å². The molecule has 0 saturated heterocycles. The molecule has 6 heteroatoms. The van der Waals surface area contributed by atoms with Crippen molar-refractivity contribution in [2.45, 2.75) is 0 Å². The third-order valence-electron chi connectivity index (χ3n) is 1.50. The molecule has 0 amide bonds. The lowest BCUT2D eigenvalue weighted by Crippen LogP contribution is -2.11. The number of carbonyl (C=O) groups excluding carboxylic acids is 1. The number of aliphatic carboxylic acids is 1. The minimum absolute atomic E-state index is 0.327. The van der Waals surface area contributed by atoms with E-state index in [-0.39, 0.29) is 0 Å². The number of rotatable bonds is 4. The van der Waals surface area contributed by atoms with Gasteiger partial charge in [0.1, 0.15) is 5.75 Å². The van der Waals surface area contributed by atoms with Crippen LogP contribution in [0.5, 0.6) is 5.75 Å². The zero-order chi connectivity index (χ0) is 11.4. The highest BCUT2D eigenvalue weighted by molar-refractivity contribution is 14.1. The molecule has 0 aliphatic rings. The van der Waals surface area contributed by atoms with Crippen LogP contribution in [0.15, 0.2) is 12.1 Å². The van der Waals surface area contributed by atoms with Crippen molar-refractivity contribution in [3.8, 4) is 5.75 Å². The van der Waals surface area contributed by atoms with Crippen molar-refractivity contribution in [3.63, 3.8) is 0 Å². The van der Waals surface area contributed by atoms with Gasteiger partial charge in [0.05, 0.1) is 9.13 Å². The van der Waals surface area contributed by atoms with Gasteiger partial charge in [0.15, 0.2) is 12.9 Å². The minimum atomic E-state index is -1.07. The van der Waals surface area contributed by atoms with Crippen LogP contribution in [0.1, 0.15) is 10.4 Å². The molecule has 1 N–H and O–H groups in total. The Bertz CT molecular complexity index is 403. The third kappa shape index (κ3) is 3.59. The van der Waals surface area contributed by atoms with E-state index in [1.54, 1.807) is 6.07 Å². The first kappa shape index (κ1) is 12.7. The Morgan fingerprint density at radius 3 is 2.67 bits per heavy atom. The largest absolute Gasteiger partial charge is 0.480 e. The molecule has 15 heavy (non-hydrogen) atoms. The van der Waals surface area contributed by atoms with E-state index in [1.807, 2.05) is 28.7 Å². The topological polar surface area (TPSA) is 63.6 Å². The molecular formula is C9H6I2O4. The molecule has 0 aliphatic heterocycles. The van der Waals surface area contributed by atoms with Crippen LogP contribution in [0.2, 0.25) is 0 Å². The van der Waals surface area contributed by atoms with Crippen LogP contribution in [0.4, 0.5) is 0 Å². The van der Waals surface area contributed by atoms with Crippen molar-refractivity contribution in [1.82, 2.24) is 0 Å². The molecule has 0 unspecified atom stereocenters. The fourth-order valence-corrected chi connectivity index (χ4v) is 3.00. The summed E-state index contributed by atoms with van der Waals surface area (Å²) in [6, 6.07) is 3.46. The van der Waals surface area contributed by atoms with Crippen molar-refractivity contribution < 1.29 is 19.4 Å². The Labute approximate surface area is 113 Å². The van der Waals surface area contributed by atoms with Crippen molar-refractivity contribution in [2.24, 2.45) is 0 Å². The summed E-state index contributed by atoms with van der Waals surface area (Å²) in [5.41, 5.74) is 0.368. The normalized spacial score (nSPS) is 9.73. The summed E-state index contributed by atoms with van der Waals surface area (Å²) < 4.78 is 6.66. The Morgan fingerprint density at radius 1 is 1.47 bits per heavy atom. The van der Waals surface area contributed by atoms with E-state index in [2.05, 4.69) is 22.6 Å². The molecule has 0 radical (unpaired) electrons. The first-order valence-corrected chi connectivity index (χ1v) is 5.99. The Hall–Kier alpha value is -0.380. The summed E-state index contributed by atoms with van der Waals surface area (Å²) in [6.07, 6.45) is 0.654. The van der Waals surface area contributed by atoms with Gasteiger partial charge in [0.25, 0.3) is 0 Å². The SMILES string of the molecule is O=Cc1cc(I)cc(I)c1OCC(=O)O. The number of carboxylic acids is 1. The molecule has 0 atom stereocenters. The van der Waals surface area contributed by atoms with Crippen LogP contribution in [-0.2, 0) is 4.79 Å². The molecule has 0 aliphatic carbocycles. The minimum Gasteiger partial charge on any atom is -0.480 e. The average Bonchev–Trinajstić information content (AvgIpc) is 2.14. The van der Waals surface area contributed by atoms with Gasteiger partial charge in [0, 0.05) is 3.57 Å². The van der Waals surface area contributed by atoms with E-state index in [4.69, 9.17) is 9.84 Å². The van der Waals surface area contributed by atoms with Gasteiger partial charge in [0.2, 0.25) is 0 Å². The maximum absolute atomic E-state index is 10.7. The second-order valence-electron chi connectivity index (χ2n) is 2.61. The predicted octanol–water partition coefficient (Wildman–Crippen LogP) is 2.17. The number of ether oxygens (including phenoxy) is 1. The number of carboxylic acid groups (broad SMARTS) is 1. The Morgan fingerprint density at radius 2 is 2.13 bits per heavy atom. The number of carbonyl (C=O) groups is 2. The maximum atomic E-state index is 10.7. The fraction of sp³-hybridized carbons (Fsp3) is 0.111. The Balaban J connectivity index is 3.04. The molecule has 0 bridgehead atoms. The van der Waals surface area contributed by atoms with Crippen molar-refractivity contribution in [1.29, 1.82) is 0 Å². The molecule has 4 nitrogen and oxygen atoms in total. The number of benzene rings is 1. The van der Waals surface area contributed by atoms with Gasteiger partial charge in [-0.05, 0) is 57.3 Å². The van der Waals surface area contributed by atoms with Crippen LogP contribution in [0, 0.1) is 7.14 Å². The maximum Gasteiger partial charge on any atom is 0.341 e. The quantitative estimate of drug-likeness (QED) is 0.586. The first-order valence-electron chi connectivity index (χ1n) is 3.83. The molecular weight excluding hydrogens is 426 g/mol. The van der Waals surface area contributed by atoms with Crippen LogP contribution >= 0.6 is 45.2 Å². The van der Waals surface area contributed by atoms with Crippen molar-refractivity contribution >= 4 is 57.4 Å². The second kappa shape index (κ2) is 5.64. The standard InChI is InChI=1S/C9H6I2O4/c10-6-1-5(3-12)9(7(11)2-6)15-4-8(13)14/h1-3H,4H2,(H,13,14). The number of halogens is 2. The first-order chi connectivity index (χ1) is 7.04. The van der Waals surface area contributed by atoms with Gasteiger partial charge in [-0.15, -0.1) is 0 Å². The van der Waals surface area contributed by atoms with Crippen LogP contribution < -0.4 is 4.74 Å². The van der Waals surface area contributed by atoms with Crippen molar-refractivity contribution in [3.05, 3.63) is 24.8 Å². The van der Waals surface area contributed by atoms with Crippen LogP contribution in [-0.4, -0.2) is 24.0 Å². The lowest BCUT2D eigenvalue weighted by Gasteiger charge is -2.08. The van der Waals surface area contributed by atoms with E-state index in [1.165, 1.54) is 0 Å². The third-order valence-corrected chi connectivity index (χ3v) is 2.93. The summed E-state index contributed by atoms with van der Waals surface area (Å²) in [5.74, 6) is -0.741. The molecule has 1 aromatic rings. The molecule has 0 saturated carbocycles. The number of aldehydes is 1. The molecule has 0 spiro atoms. The predicted molar refractivity (Wildman–Crippen MR) is 70.4 cm³/mol. The zero-order valence-electron chi connectivity index (χ0n) is 7.37. The van der Waals surface area contributed by atoms with Gasteiger partial charge < -0.3 is 9.84 Å². The molecule has 1 rings (SSSR count). The highest BCUT2D eigenvalue weighted by Gasteiger charge is 2.10. The molecule has 0 heterocycles. The fourth-order valence-electron chi connectivity index (χ4n) is 0.954. The highest BCUT2D eigenvalue weighted by Crippen LogP contribution is 2.27. The van der Waals surface area contributed by atoms with Gasteiger partial charge in [-0.2, -0.15) is 0 Å². The lowest BCUT2D eigenvalue weighted by molar-refractivity contribution is -0.139. The molecule has 0 fully saturated rings. The number of hydrogen-bond acceptors (Lipinski definition) is 3. The summed E-state index contributed by atoms with van der Waals surface area (Å²) >= 11 is 4.08. The molecule has 1 aromatic carbocycles. The van der Waals surface area contributed by atoms with Gasteiger partial charge >= 0.3 is 5.97 Å². The van der Waals surface area contributed by atoms with E-state index in [9.17, 15) is 9.59 Å². The van der Waals surface area contributed by atoms with E-state index >= 15 is 0 Å². The second-order valence-corrected chi connectivity index (χ2v) is 5.01. The van der Waals surface area contributed by atoms with E-state index < -0.39 is 12.6 Å². The van der Waals surface area contributed by atoms with Crippen LogP contribution in [0.3, 0.4) is 0 Å². The summed E-state index contributed by atoms with van der Waals surface area (Å²) in [5, 5.41) is 8.47. The Kier molecular flexibility index (Phi) is 4.77.